The first-order valence-electron chi connectivity index (χ1n) is 6.28. The van der Waals surface area contributed by atoms with Crippen molar-refractivity contribution in [1.29, 1.82) is 0 Å². The first-order chi connectivity index (χ1) is 7.27. The maximum atomic E-state index is 9.98. The van der Waals surface area contributed by atoms with E-state index in [0.29, 0.717) is 25.2 Å². The molecule has 98 valence electrons. The fourth-order valence-corrected chi connectivity index (χ4v) is 1.26. The third-order valence-corrected chi connectivity index (χ3v) is 2.34. The van der Waals surface area contributed by atoms with E-state index in [1.165, 1.54) is 0 Å². The molecule has 0 bridgehead atoms. The standard InChI is InChI=1S/C13H29NO2/c1-6-8-14-10-13(5,15)11-16-9-7-12(2,3)4/h14-15H,6-11H2,1-5H3. The van der Waals surface area contributed by atoms with Gasteiger partial charge >= 0.3 is 0 Å². The van der Waals surface area contributed by atoms with Crippen molar-refractivity contribution < 1.29 is 9.84 Å². The highest BCUT2D eigenvalue weighted by atomic mass is 16.5. The molecule has 0 aliphatic rings. The van der Waals surface area contributed by atoms with Crippen LogP contribution >= 0.6 is 0 Å². The summed E-state index contributed by atoms with van der Waals surface area (Å²) >= 11 is 0. The topological polar surface area (TPSA) is 41.5 Å². The summed E-state index contributed by atoms with van der Waals surface area (Å²) in [6, 6.07) is 0. The lowest BCUT2D eigenvalue weighted by Crippen LogP contribution is -2.42. The number of hydrogen-bond acceptors (Lipinski definition) is 3. The van der Waals surface area contributed by atoms with Gasteiger partial charge in [0.25, 0.3) is 0 Å². The van der Waals surface area contributed by atoms with Gasteiger partial charge in [-0.05, 0) is 31.7 Å². The van der Waals surface area contributed by atoms with Crippen LogP contribution in [0.5, 0.6) is 0 Å². The molecule has 1 unspecified atom stereocenters. The predicted octanol–water partition coefficient (Wildman–Crippen LogP) is 2.19. The number of rotatable bonds is 8. The lowest BCUT2D eigenvalue weighted by Gasteiger charge is -2.25. The zero-order valence-electron chi connectivity index (χ0n) is 11.6. The molecule has 0 aliphatic carbocycles. The van der Waals surface area contributed by atoms with Crippen molar-refractivity contribution in [3.8, 4) is 0 Å². The Hall–Kier alpha value is -0.120. The van der Waals surface area contributed by atoms with Crippen LogP contribution in [0.2, 0.25) is 0 Å². The summed E-state index contributed by atoms with van der Waals surface area (Å²) < 4.78 is 5.52. The zero-order valence-corrected chi connectivity index (χ0v) is 11.6. The third-order valence-electron chi connectivity index (χ3n) is 2.34. The Balaban J connectivity index is 3.57. The first-order valence-corrected chi connectivity index (χ1v) is 6.28. The van der Waals surface area contributed by atoms with Crippen LogP contribution < -0.4 is 5.32 Å². The molecular formula is C13H29NO2. The van der Waals surface area contributed by atoms with Gasteiger partial charge in [-0.2, -0.15) is 0 Å². The average molecular weight is 231 g/mol. The van der Waals surface area contributed by atoms with Crippen LogP contribution in [0, 0.1) is 5.41 Å². The highest BCUT2D eigenvalue weighted by Crippen LogP contribution is 2.18. The van der Waals surface area contributed by atoms with E-state index in [9.17, 15) is 5.11 Å². The number of hydrogen-bond donors (Lipinski definition) is 2. The molecule has 0 rings (SSSR count). The highest BCUT2D eigenvalue weighted by molar-refractivity contribution is 4.74. The Morgan fingerprint density at radius 1 is 1.19 bits per heavy atom. The third kappa shape index (κ3) is 10.4. The largest absolute Gasteiger partial charge is 0.386 e. The molecule has 0 amide bonds. The van der Waals surface area contributed by atoms with Gasteiger partial charge in [-0.3, -0.25) is 0 Å². The minimum absolute atomic E-state index is 0.298. The molecule has 0 saturated carbocycles. The second-order valence-corrected chi connectivity index (χ2v) is 6.04. The number of nitrogens with one attached hydrogen (secondary N) is 1. The Kier molecular flexibility index (Phi) is 7.20. The maximum Gasteiger partial charge on any atom is 0.0975 e. The second-order valence-electron chi connectivity index (χ2n) is 6.04. The highest BCUT2D eigenvalue weighted by Gasteiger charge is 2.20. The molecule has 0 aromatic carbocycles. The Morgan fingerprint density at radius 3 is 2.31 bits per heavy atom. The molecule has 16 heavy (non-hydrogen) atoms. The molecule has 0 aliphatic heterocycles. The minimum atomic E-state index is -0.757. The fourth-order valence-electron chi connectivity index (χ4n) is 1.26. The van der Waals surface area contributed by atoms with Gasteiger partial charge in [0.15, 0.2) is 0 Å². The normalized spacial score (nSPS) is 16.1. The van der Waals surface area contributed by atoms with Gasteiger partial charge < -0.3 is 15.2 Å². The Bertz CT molecular complexity index is 173. The summed E-state index contributed by atoms with van der Waals surface area (Å²) in [6.07, 6.45) is 2.10. The predicted molar refractivity (Wildman–Crippen MR) is 68.7 cm³/mol. The van der Waals surface area contributed by atoms with Gasteiger partial charge in [0.2, 0.25) is 0 Å². The number of aliphatic hydroxyl groups is 1. The summed E-state index contributed by atoms with van der Waals surface area (Å²) in [4.78, 5) is 0. The van der Waals surface area contributed by atoms with Crippen LogP contribution in [0.15, 0.2) is 0 Å². The molecule has 2 N–H and O–H groups in total. The van der Waals surface area contributed by atoms with E-state index in [-0.39, 0.29) is 0 Å². The molecular weight excluding hydrogens is 202 g/mol. The van der Waals surface area contributed by atoms with Crippen molar-refractivity contribution in [2.45, 2.75) is 53.1 Å². The van der Waals surface area contributed by atoms with Crippen molar-refractivity contribution in [3.05, 3.63) is 0 Å². The molecule has 3 nitrogen and oxygen atoms in total. The monoisotopic (exact) mass is 231 g/mol. The summed E-state index contributed by atoms with van der Waals surface area (Å²) in [5, 5.41) is 13.2. The van der Waals surface area contributed by atoms with Gasteiger partial charge in [0.1, 0.15) is 0 Å². The fraction of sp³-hybridized carbons (Fsp3) is 1.00. The molecule has 3 heteroatoms. The van der Waals surface area contributed by atoms with Gasteiger partial charge in [-0.25, -0.2) is 0 Å². The van der Waals surface area contributed by atoms with Crippen LogP contribution in [0.1, 0.15) is 47.5 Å². The summed E-state index contributed by atoms with van der Waals surface area (Å²) in [5.74, 6) is 0. The molecule has 1 atom stereocenters. The molecule has 0 fully saturated rings. The molecule has 0 heterocycles. The number of ether oxygens (including phenoxy) is 1. The van der Waals surface area contributed by atoms with Gasteiger partial charge in [-0.1, -0.05) is 27.7 Å². The van der Waals surface area contributed by atoms with Crippen molar-refractivity contribution in [1.82, 2.24) is 5.32 Å². The van der Waals surface area contributed by atoms with Crippen LogP contribution in [-0.2, 0) is 4.74 Å². The second kappa shape index (κ2) is 7.25. The van der Waals surface area contributed by atoms with E-state index in [1.807, 2.05) is 6.92 Å². The van der Waals surface area contributed by atoms with Gasteiger partial charge in [-0.15, -0.1) is 0 Å². The first kappa shape index (κ1) is 15.9. The van der Waals surface area contributed by atoms with Gasteiger partial charge in [0.05, 0.1) is 12.2 Å². The maximum absolute atomic E-state index is 9.98. The molecule has 0 aromatic heterocycles. The molecule has 0 radical (unpaired) electrons. The lowest BCUT2D eigenvalue weighted by atomic mass is 9.93. The van der Waals surface area contributed by atoms with Crippen molar-refractivity contribution in [2.75, 3.05) is 26.3 Å². The average Bonchev–Trinajstić information content (AvgIpc) is 2.11. The van der Waals surface area contributed by atoms with E-state index in [2.05, 4.69) is 33.0 Å². The van der Waals surface area contributed by atoms with Crippen LogP contribution in [0.4, 0.5) is 0 Å². The Morgan fingerprint density at radius 2 is 1.81 bits per heavy atom. The van der Waals surface area contributed by atoms with E-state index in [4.69, 9.17) is 4.74 Å². The summed E-state index contributed by atoms with van der Waals surface area (Å²) in [7, 11) is 0. The van der Waals surface area contributed by atoms with Crippen LogP contribution in [0.25, 0.3) is 0 Å². The van der Waals surface area contributed by atoms with E-state index in [0.717, 1.165) is 19.4 Å². The van der Waals surface area contributed by atoms with Gasteiger partial charge in [0, 0.05) is 13.2 Å². The van der Waals surface area contributed by atoms with Crippen molar-refractivity contribution in [2.24, 2.45) is 5.41 Å². The van der Waals surface area contributed by atoms with E-state index >= 15 is 0 Å². The van der Waals surface area contributed by atoms with E-state index < -0.39 is 5.60 Å². The van der Waals surface area contributed by atoms with Crippen molar-refractivity contribution >= 4 is 0 Å². The molecule has 0 aromatic rings. The van der Waals surface area contributed by atoms with Crippen LogP contribution in [0.3, 0.4) is 0 Å². The Labute approximate surface area is 101 Å². The lowest BCUT2D eigenvalue weighted by molar-refractivity contribution is -0.0369. The molecule has 0 spiro atoms. The molecule has 0 saturated heterocycles. The quantitative estimate of drug-likeness (QED) is 0.629. The van der Waals surface area contributed by atoms with Crippen LogP contribution in [-0.4, -0.2) is 37.0 Å². The van der Waals surface area contributed by atoms with E-state index in [1.54, 1.807) is 0 Å². The minimum Gasteiger partial charge on any atom is -0.386 e. The SMILES string of the molecule is CCCNCC(C)(O)COCCC(C)(C)C. The van der Waals surface area contributed by atoms with Crippen molar-refractivity contribution in [3.63, 3.8) is 0 Å². The zero-order chi connectivity index (χ0) is 12.7. The summed E-state index contributed by atoms with van der Waals surface area (Å²) in [5.41, 5.74) is -0.459. The smallest absolute Gasteiger partial charge is 0.0975 e. The summed E-state index contributed by atoms with van der Waals surface area (Å²) in [6.45, 7) is 13.2.